The average Bonchev–Trinajstić information content (AvgIpc) is 3.07. The van der Waals surface area contributed by atoms with Gasteiger partial charge < -0.3 is 14.0 Å². The number of hydrogen-bond donors (Lipinski definition) is 0. The fourth-order valence-electron chi connectivity index (χ4n) is 4.37. The molecule has 6 heteroatoms. The number of carbonyl (C=O) groups is 1. The summed E-state index contributed by atoms with van der Waals surface area (Å²) in [6.45, 7) is 3.05. The fourth-order valence-corrected chi connectivity index (χ4v) is 4.37. The number of cyclic esters (lactones) is 1. The van der Waals surface area contributed by atoms with Crippen LogP contribution in [-0.2, 0) is 4.74 Å². The van der Waals surface area contributed by atoms with Crippen LogP contribution < -0.4 is 9.64 Å². The summed E-state index contributed by atoms with van der Waals surface area (Å²) in [4.78, 5) is 13.6. The molecule has 2 aliphatic rings. The minimum Gasteiger partial charge on any atom is -0.494 e. The molecule has 5 rings (SSSR count). The lowest BCUT2D eigenvalue weighted by atomic mass is 9.92. The van der Waals surface area contributed by atoms with Gasteiger partial charge in [-0.15, -0.1) is 0 Å². The molecule has 3 aromatic rings. The van der Waals surface area contributed by atoms with Crippen LogP contribution in [0.25, 0.3) is 22.2 Å². The highest BCUT2D eigenvalue weighted by atomic mass is 16.5. The van der Waals surface area contributed by atoms with Crippen LogP contribution in [0.15, 0.2) is 54.8 Å². The van der Waals surface area contributed by atoms with Crippen molar-refractivity contribution in [2.24, 2.45) is 0 Å². The van der Waals surface area contributed by atoms with Gasteiger partial charge in [0.05, 0.1) is 36.2 Å². The molecule has 1 aliphatic heterocycles. The third-order valence-electron chi connectivity index (χ3n) is 6.06. The van der Waals surface area contributed by atoms with Crippen LogP contribution in [0.4, 0.5) is 10.5 Å². The molecule has 0 unspecified atom stereocenters. The van der Waals surface area contributed by atoms with Gasteiger partial charge in [0, 0.05) is 23.2 Å². The maximum absolute atomic E-state index is 12.0. The van der Waals surface area contributed by atoms with Crippen LogP contribution in [0.1, 0.15) is 37.8 Å². The zero-order valence-electron chi connectivity index (χ0n) is 17.4. The van der Waals surface area contributed by atoms with Gasteiger partial charge in [0.25, 0.3) is 0 Å². The molecular formula is C25H23N3O3. The maximum atomic E-state index is 12.0. The standard InChI is InChI=1S/C25H23N3O3/c1-2-30-20-11-12-21-22(16-26)24(28(23(21)15-20)19-5-3-6-19)17-7-9-18(10-8-17)27-13-4-14-31-25(27)29/h4,7-12,14-15,19H,2-3,5-6,13H2,1H3. The first kappa shape index (κ1) is 19.3. The van der Waals surface area contributed by atoms with Crippen molar-refractivity contribution in [3.05, 3.63) is 60.4 Å². The molecule has 0 atom stereocenters. The molecule has 156 valence electrons. The third-order valence-corrected chi connectivity index (χ3v) is 6.06. The Hall–Kier alpha value is -3.72. The number of benzene rings is 2. The number of rotatable bonds is 5. The molecular weight excluding hydrogens is 390 g/mol. The summed E-state index contributed by atoms with van der Waals surface area (Å²) in [5, 5.41) is 11.0. The number of anilines is 1. The minimum absolute atomic E-state index is 0.373. The van der Waals surface area contributed by atoms with E-state index in [0.717, 1.165) is 46.4 Å². The first-order valence-electron chi connectivity index (χ1n) is 10.7. The van der Waals surface area contributed by atoms with Crippen LogP contribution in [-0.4, -0.2) is 23.8 Å². The van der Waals surface area contributed by atoms with Crippen molar-refractivity contribution >= 4 is 22.7 Å². The summed E-state index contributed by atoms with van der Waals surface area (Å²) in [5.74, 6) is 0.816. The van der Waals surface area contributed by atoms with Crippen LogP contribution in [0.5, 0.6) is 5.75 Å². The summed E-state index contributed by atoms with van der Waals surface area (Å²) in [6, 6.07) is 16.6. The molecule has 0 bridgehead atoms. The number of hydrogen-bond acceptors (Lipinski definition) is 4. The molecule has 0 spiro atoms. The topological polar surface area (TPSA) is 67.5 Å². The van der Waals surface area contributed by atoms with Gasteiger partial charge in [-0.25, -0.2) is 4.79 Å². The molecule has 0 radical (unpaired) electrons. The predicted molar refractivity (Wildman–Crippen MR) is 119 cm³/mol. The minimum atomic E-state index is -0.389. The second-order valence-electron chi connectivity index (χ2n) is 7.82. The number of fused-ring (bicyclic) bond motifs is 1. The third kappa shape index (κ3) is 3.23. The molecule has 1 saturated carbocycles. The van der Waals surface area contributed by atoms with E-state index >= 15 is 0 Å². The molecule has 1 aromatic heterocycles. The van der Waals surface area contributed by atoms with Crippen molar-refractivity contribution in [2.45, 2.75) is 32.2 Å². The summed E-state index contributed by atoms with van der Waals surface area (Å²) in [7, 11) is 0. The Morgan fingerprint density at radius 3 is 2.65 bits per heavy atom. The number of aromatic nitrogens is 1. The quantitative estimate of drug-likeness (QED) is 0.532. The van der Waals surface area contributed by atoms with Crippen LogP contribution in [0.3, 0.4) is 0 Å². The second kappa shape index (κ2) is 7.84. The number of nitriles is 1. The van der Waals surface area contributed by atoms with E-state index in [9.17, 15) is 10.1 Å². The number of amides is 1. The van der Waals surface area contributed by atoms with E-state index in [1.54, 1.807) is 11.0 Å². The summed E-state index contributed by atoms with van der Waals surface area (Å²) in [5.41, 5.74) is 4.38. The van der Waals surface area contributed by atoms with Gasteiger partial charge in [0.1, 0.15) is 11.8 Å². The molecule has 0 N–H and O–H groups in total. The first-order chi connectivity index (χ1) is 15.2. The first-order valence-corrected chi connectivity index (χ1v) is 10.7. The van der Waals surface area contributed by atoms with E-state index in [1.807, 2.05) is 49.4 Å². The van der Waals surface area contributed by atoms with E-state index in [0.29, 0.717) is 24.8 Å². The highest BCUT2D eigenvalue weighted by molar-refractivity contribution is 5.96. The zero-order chi connectivity index (χ0) is 21.4. The number of carbonyl (C=O) groups excluding carboxylic acids is 1. The van der Waals surface area contributed by atoms with Crippen LogP contribution in [0, 0.1) is 11.3 Å². The van der Waals surface area contributed by atoms with Crippen LogP contribution >= 0.6 is 0 Å². The Morgan fingerprint density at radius 2 is 2.00 bits per heavy atom. The number of ether oxygens (including phenoxy) is 2. The van der Waals surface area contributed by atoms with Gasteiger partial charge in [0.2, 0.25) is 0 Å². The van der Waals surface area contributed by atoms with Gasteiger partial charge in [-0.05, 0) is 62.1 Å². The molecule has 31 heavy (non-hydrogen) atoms. The smallest absolute Gasteiger partial charge is 0.419 e. The van der Waals surface area contributed by atoms with Crippen molar-refractivity contribution in [3.8, 4) is 23.1 Å². The van der Waals surface area contributed by atoms with E-state index in [1.165, 1.54) is 12.7 Å². The zero-order valence-corrected chi connectivity index (χ0v) is 17.4. The molecule has 1 amide bonds. The van der Waals surface area contributed by atoms with Crippen LogP contribution in [0.2, 0.25) is 0 Å². The molecule has 2 aromatic carbocycles. The van der Waals surface area contributed by atoms with Gasteiger partial charge in [-0.3, -0.25) is 4.90 Å². The van der Waals surface area contributed by atoms with E-state index in [-0.39, 0.29) is 6.09 Å². The predicted octanol–water partition coefficient (Wildman–Crippen LogP) is 5.77. The highest BCUT2D eigenvalue weighted by Crippen LogP contribution is 2.43. The lowest BCUT2D eigenvalue weighted by molar-refractivity contribution is 0.190. The molecule has 1 fully saturated rings. The van der Waals surface area contributed by atoms with Gasteiger partial charge in [0.15, 0.2) is 0 Å². The highest BCUT2D eigenvalue weighted by Gasteiger charge is 2.28. The lowest BCUT2D eigenvalue weighted by Gasteiger charge is -2.30. The van der Waals surface area contributed by atoms with Crippen molar-refractivity contribution in [2.75, 3.05) is 18.1 Å². The normalized spacial score (nSPS) is 16.1. The Labute approximate surface area is 180 Å². The SMILES string of the molecule is CCOc1ccc2c(C#N)c(-c3ccc(N4CC=COC4=O)cc3)n(C3CCC3)c2c1. The Kier molecular flexibility index (Phi) is 4.87. The summed E-state index contributed by atoms with van der Waals surface area (Å²) >= 11 is 0. The summed E-state index contributed by atoms with van der Waals surface area (Å²) < 4.78 is 13.0. The Balaban J connectivity index is 1.64. The Morgan fingerprint density at radius 1 is 1.19 bits per heavy atom. The molecule has 1 aliphatic carbocycles. The van der Waals surface area contributed by atoms with Gasteiger partial charge >= 0.3 is 6.09 Å². The van der Waals surface area contributed by atoms with Crippen molar-refractivity contribution in [1.82, 2.24) is 4.57 Å². The van der Waals surface area contributed by atoms with Crippen molar-refractivity contribution < 1.29 is 14.3 Å². The summed E-state index contributed by atoms with van der Waals surface area (Å²) in [6.07, 6.45) is 6.23. The van der Waals surface area contributed by atoms with Gasteiger partial charge in [-0.1, -0.05) is 12.1 Å². The average molecular weight is 413 g/mol. The molecule has 2 heterocycles. The van der Waals surface area contributed by atoms with E-state index in [2.05, 4.69) is 10.6 Å². The van der Waals surface area contributed by atoms with Gasteiger partial charge in [-0.2, -0.15) is 5.26 Å². The molecule has 0 saturated heterocycles. The van der Waals surface area contributed by atoms with E-state index in [4.69, 9.17) is 9.47 Å². The largest absolute Gasteiger partial charge is 0.494 e. The lowest BCUT2D eigenvalue weighted by Crippen LogP contribution is -2.33. The maximum Gasteiger partial charge on any atom is 0.419 e. The van der Waals surface area contributed by atoms with Crippen molar-refractivity contribution in [1.29, 1.82) is 5.26 Å². The van der Waals surface area contributed by atoms with Crippen molar-refractivity contribution in [3.63, 3.8) is 0 Å². The Bertz CT molecular complexity index is 1210. The fraction of sp³-hybridized carbons (Fsp3) is 0.280. The number of nitrogens with zero attached hydrogens (tertiary/aromatic N) is 3. The van der Waals surface area contributed by atoms with E-state index < -0.39 is 0 Å². The molecule has 6 nitrogen and oxygen atoms in total. The second-order valence-corrected chi connectivity index (χ2v) is 7.82. The monoisotopic (exact) mass is 413 g/mol.